The normalized spacial score (nSPS) is 18.4. The summed E-state index contributed by atoms with van der Waals surface area (Å²) < 4.78 is 9.81. The third kappa shape index (κ3) is 8.64. The predicted octanol–water partition coefficient (Wildman–Crippen LogP) is 2.03. The Bertz CT molecular complexity index is 1050. The molecule has 1 aromatic rings. The van der Waals surface area contributed by atoms with Gasteiger partial charge in [0, 0.05) is 18.7 Å². The number of ether oxygens (including phenoxy) is 2. The summed E-state index contributed by atoms with van der Waals surface area (Å²) in [5, 5.41) is 6.03. The first-order chi connectivity index (χ1) is 18.8. The second-order valence-electron chi connectivity index (χ2n) is 9.68. The third-order valence-electron chi connectivity index (χ3n) is 7.02. The highest BCUT2D eigenvalue weighted by molar-refractivity contribution is 6.02. The minimum atomic E-state index is -0.801. The molecule has 0 unspecified atom stereocenters. The Labute approximate surface area is 229 Å². The van der Waals surface area contributed by atoms with Crippen LogP contribution in [0.1, 0.15) is 56.6 Å². The molecular formula is C28H39N5O6. The van der Waals surface area contributed by atoms with Crippen LogP contribution in [0, 0.1) is 5.92 Å². The van der Waals surface area contributed by atoms with E-state index in [4.69, 9.17) is 15.2 Å². The van der Waals surface area contributed by atoms with Crippen molar-refractivity contribution in [1.82, 2.24) is 15.5 Å². The second kappa shape index (κ2) is 15.0. The van der Waals surface area contributed by atoms with Crippen LogP contribution in [0.25, 0.3) is 0 Å². The number of esters is 1. The molecule has 11 heteroatoms. The number of hydrogen-bond donors (Lipinski definition) is 3. The Morgan fingerprint density at radius 1 is 1.13 bits per heavy atom. The van der Waals surface area contributed by atoms with Gasteiger partial charge in [0.15, 0.2) is 0 Å². The van der Waals surface area contributed by atoms with E-state index in [0.29, 0.717) is 18.5 Å². The number of nitrogens with two attached hydrogens (primary N) is 1. The molecule has 2 atom stereocenters. The van der Waals surface area contributed by atoms with Gasteiger partial charge in [-0.15, -0.1) is 0 Å². The zero-order chi connectivity index (χ0) is 28.2. The standard InChI is InChI=1S/C28H39N5O6/c1-3-16-39-28(37)32-25(29)21-12-10-19(11-13-21)17-31-26(35)22-14-15-33(22)27(36)24(20-8-6-5-7-9-20)30-18-23(34)38-4-2/h3,10-13,20,22,24,30H,1,4-9,14-18H2,2H3,(H,31,35)(H2,29,32,37)/t22-,24+/m0/s1. The summed E-state index contributed by atoms with van der Waals surface area (Å²) in [4.78, 5) is 55.3. The van der Waals surface area contributed by atoms with Crippen LogP contribution < -0.4 is 16.4 Å². The van der Waals surface area contributed by atoms with Crippen molar-refractivity contribution in [3.8, 4) is 0 Å². The molecule has 4 N–H and O–H groups in total. The lowest BCUT2D eigenvalue weighted by Crippen LogP contribution is -2.63. The van der Waals surface area contributed by atoms with Crippen molar-refractivity contribution >= 4 is 29.7 Å². The number of nitrogens with zero attached hydrogens (tertiary/aromatic N) is 2. The van der Waals surface area contributed by atoms with Gasteiger partial charge in [0.05, 0.1) is 19.2 Å². The molecule has 0 radical (unpaired) electrons. The number of aliphatic imine (C=N–C) groups is 1. The Kier molecular flexibility index (Phi) is 11.5. The molecule has 1 aliphatic heterocycles. The average molecular weight is 542 g/mol. The molecule has 2 aliphatic rings. The number of amides is 3. The smallest absolute Gasteiger partial charge is 0.435 e. The van der Waals surface area contributed by atoms with Gasteiger partial charge in [0.2, 0.25) is 11.8 Å². The molecule has 39 heavy (non-hydrogen) atoms. The van der Waals surface area contributed by atoms with Crippen LogP contribution in [-0.4, -0.2) is 73.0 Å². The van der Waals surface area contributed by atoms with Crippen molar-refractivity contribution in [2.45, 2.75) is 64.1 Å². The lowest BCUT2D eigenvalue weighted by atomic mass is 9.82. The number of rotatable bonds is 12. The van der Waals surface area contributed by atoms with Crippen molar-refractivity contribution in [1.29, 1.82) is 0 Å². The second-order valence-corrected chi connectivity index (χ2v) is 9.68. The molecule has 1 heterocycles. The number of likely N-dealkylation sites (tertiary alicyclic amines) is 1. The summed E-state index contributed by atoms with van der Waals surface area (Å²) in [5.74, 6) is -0.604. The van der Waals surface area contributed by atoms with E-state index in [2.05, 4.69) is 22.2 Å². The highest BCUT2D eigenvalue weighted by Gasteiger charge is 2.42. The molecule has 1 saturated heterocycles. The summed E-state index contributed by atoms with van der Waals surface area (Å²) in [6.07, 6.45) is 6.29. The Morgan fingerprint density at radius 2 is 1.85 bits per heavy atom. The summed E-state index contributed by atoms with van der Waals surface area (Å²) >= 11 is 0. The topological polar surface area (TPSA) is 152 Å². The maximum atomic E-state index is 13.5. The molecule has 3 rings (SSSR count). The van der Waals surface area contributed by atoms with E-state index >= 15 is 0 Å². The average Bonchev–Trinajstić information content (AvgIpc) is 2.91. The number of amidine groups is 1. The van der Waals surface area contributed by atoms with Gasteiger partial charge in [0.25, 0.3) is 0 Å². The number of carbonyl (C=O) groups is 4. The summed E-state index contributed by atoms with van der Waals surface area (Å²) in [6.45, 7) is 6.27. The summed E-state index contributed by atoms with van der Waals surface area (Å²) in [6, 6.07) is 5.88. The zero-order valence-electron chi connectivity index (χ0n) is 22.5. The predicted molar refractivity (Wildman–Crippen MR) is 146 cm³/mol. The first kappa shape index (κ1) is 29.8. The fourth-order valence-corrected chi connectivity index (χ4v) is 4.86. The first-order valence-corrected chi connectivity index (χ1v) is 13.5. The quantitative estimate of drug-likeness (QED) is 0.157. The van der Waals surface area contributed by atoms with Crippen LogP contribution in [0.15, 0.2) is 41.9 Å². The van der Waals surface area contributed by atoms with Crippen LogP contribution in [0.2, 0.25) is 0 Å². The summed E-state index contributed by atoms with van der Waals surface area (Å²) in [5.41, 5.74) is 7.23. The first-order valence-electron chi connectivity index (χ1n) is 13.5. The Balaban J connectivity index is 1.55. The van der Waals surface area contributed by atoms with E-state index in [-0.39, 0.29) is 49.9 Å². The van der Waals surface area contributed by atoms with Crippen molar-refractivity contribution in [2.24, 2.45) is 16.6 Å². The van der Waals surface area contributed by atoms with Gasteiger partial charge in [-0.05, 0) is 37.7 Å². The Hall–Kier alpha value is -3.73. The van der Waals surface area contributed by atoms with Gasteiger partial charge < -0.3 is 25.4 Å². The third-order valence-corrected chi connectivity index (χ3v) is 7.02. The maximum Gasteiger partial charge on any atom is 0.435 e. The van der Waals surface area contributed by atoms with E-state index in [0.717, 1.165) is 37.7 Å². The molecule has 212 valence electrons. The monoisotopic (exact) mass is 541 g/mol. The van der Waals surface area contributed by atoms with Crippen LogP contribution in [-0.2, 0) is 30.4 Å². The lowest BCUT2D eigenvalue weighted by molar-refractivity contribution is -0.151. The lowest BCUT2D eigenvalue weighted by Gasteiger charge is -2.43. The minimum Gasteiger partial charge on any atom is -0.465 e. The van der Waals surface area contributed by atoms with Crippen LogP contribution in [0.3, 0.4) is 0 Å². The van der Waals surface area contributed by atoms with Gasteiger partial charge >= 0.3 is 12.1 Å². The molecule has 1 saturated carbocycles. The number of benzene rings is 1. The highest BCUT2D eigenvalue weighted by Crippen LogP contribution is 2.29. The Morgan fingerprint density at radius 3 is 2.46 bits per heavy atom. The number of hydrogen-bond acceptors (Lipinski definition) is 7. The van der Waals surface area contributed by atoms with E-state index < -0.39 is 24.1 Å². The molecule has 0 bridgehead atoms. The molecule has 1 aromatic carbocycles. The number of carbonyl (C=O) groups excluding carboxylic acids is 4. The van der Waals surface area contributed by atoms with Crippen LogP contribution in [0.4, 0.5) is 4.79 Å². The fourth-order valence-electron chi connectivity index (χ4n) is 4.86. The van der Waals surface area contributed by atoms with Gasteiger partial charge in [0.1, 0.15) is 18.5 Å². The molecule has 0 spiro atoms. The van der Waals surface area contributed by atoms with Gasteiger partial charge in [-0.1, -0.05) is 56.2 Å². The SMILES string of the molecule is C=CCOC(=O)/N=C(\N)c1ccc(CNC(=O)[C@@H]2CCN2C(=O)[C@H](NCC(=O)OCC)C2CCCCC2)cc1. The van der Waals surface area contributed by atoms with Gasteiger partial charge in [-0.3, -0.25) is 19.7 Å². The molecule has 2 fully saturated rings. The van der Waals surface area contributed by atoms with Crippen LogP contribution in [0.5, 0.6) is 0 Å². The molecule has 1 aliphatic carbocycles. The molecule has 11 nitrogen and oxygen atoms in total. The van der Waals surface area contributed by atoms with E-state index in [9.17, 15) is 19.2 Å². The van der Waals surface area contributed by atoms with Gasteiger partial charge in [-0.2, -0.15) is 4.99 Å². The fraction of sp³-hybridized carbons (Fsp3) is 0.536. The van der Waals surface area contributed by atoms with Gasteiger partial charge in [-0.25, -0.2) is 4.79 Å². The largest absolute Gasteiger partial charge is 0.465 e. The van der Waals surface area contributed by atoms with Crippen molar-refractivity contribution in [2.75, 3.05) is 26.3 Å². The highest BCUT2D eigenvalue weighted by atomic mass is 16.5. The van der Waals surface area contributed by atoms with E-state index in [1.807, 2.05) is 0 Å². The van der Waals surface area contributed by atoms with E-state index in [1.54, 1.807) is 36.1 Å². The minimum absolute atomic E-state index is 0.0207. The van der Waals surface area contributed by atoms with Crippen LogP contribution >= 0.6 is 0 Å². The number of nitrogens with one attached hydrogen (secondary N) is 2. The summed E-state index contributed by atoms with van der Waals surface area (Å²) in [7, 11) is 0. The van der Waals surface area contributed by atoms with Crippen molar-refractivity contribution < 1.29 is 28.7 Å². The molecule has 0 aromatic heterocycles. The molecular weight excluding hydrogens is 502 g/mol. The van der Waals surface area contributed by atoms with Crippen molar-refractivity contribution in [3.63, 3.8) is 0 Å². The van der Waals surface area contributed by atoms with Crippen molar-refractivity contribution in [3.05, 3.63) is 48.0 Å². The maximum absolute atomic E-state index is 13.5. The molecule has 3 amide bonds. The van der Waals surface area contributed by atoms with E-state index in [1.165, 1.54) is 6.08 Å². The zero-order valence-corrected chi connectivity index (χ0v) is 22.5.